The van der Waals surface area contributed by atoms with Gasteiger partial charge in [-0.1, -0.05) is 55.1 Å². The van der Waals surface area contributed by atoms with Crippen LogP contribution in [0, 0.1) is 0 Å². The summed E-state index contributed by atoms with van der Waals surface area (Å²) in [6, 6.07) is 17.5. The Bertz CT molecular complexity index is 743. The molecule has 0 aromatic heterocycles. The second kappa shape index (κ2) is 7.95. The van der Waals surface area contributed by atoms with Gasteiger partial charge in [0.1, 0.15) is 5.75 Å². The van der Waals surface area contributed by atoms with Crippen LogP contribution in [0.25, 0.3) is 0 Å². The first-order valence-corrected chi connectivity index (χ1v) is 8.83. The van der Waals surface area contributed by atoms with Crippen molar-refractivity contribution in [2.75, 3.05) is 0 Å². The van der Waals surface area contributed by atoms with Gasteiger partial charge in [0.05, 0.1) is 6.10 Å². The lowest BCUT2D eigenvalue weighted by Gasteiger charge is -2.21. The van der Waals surface area contributed by atoms with Gasteiger partial charge in [-0.25, -0.2) is 9.36 Å². The predicted molar refractivity (Wildman–Crippen MR) is 91.5 cm³/mol. The van der Waals surface area contributed by atoms with Gasteiger partial charge >= 0.3 is 13.8 Å². The summed E-state index contributed by atoms with van der Waals surface area (Å²) in [6.45, 7) is 6.63. The Morgan fingerprint density at radius 3 is 2.12 bits per heavy atom. The summed E-state index contributed by atoms with van der Waals surface area (Å²) in [5, 5.41) is 0. The summed E-state index contributed by atoms with van der Waals surface area (Å²) < 4.78 is 28.8. The lowest BCUT2D eigenvalue weighted by Crippen LogP contribution is -2.11. The minimum Gasteiger partial charge on any atom is -0.395 e. The van der Waals surface area contributed by atoms with E-state index in [9.17, 15) is 9.36 Å². The summed E-state index contributed by atoms with van der Waals surface area (Å²) in [4.78, 5) is 11.8. The van der Waals surface area contributed by atoms with Crippen LogP contribution in [0.5, 0.6) is 5.75 Å². The van der Waals surface area contributed by atoms with Gasteiger partial charge in [0.15, 0.2) is 0 Å². The van der Waals surface area contributed by atoms with E-state index in [1.54, 1.807) is 37.3 Å². The fourth-order valence-corrected chi connectivity index (χ4v) is 3.20. The van der Waals surface area contributed by atoms with Gasteiger partial charge in [-0.2, -0.15) is 0 Å². The summed E-state index contributed by atoms with van der Waals surface area (Å²) in [6.07, 6.45) is -0.598. The van der Waals surface area contributed by atoms with Crippen LogP contribution in [0.15, 0.2) is 72.8 Å². The van der Waals surface area contributed by atoms with Crippen molar-refractivity contribution >= 4 is 13.8 Å². The lowest BCUT2D eigenvalue weighted by atomic mass is 10.1. The van der Waals surface area contributed by atoms with Crippen molar-refractivity contribution in [1.29, 1.82) is 0 Å². The van der Waals surface area contributed by atoms with Crippen LogP contribution in [0.1, 0.15) is 25.5 Å². The van der Waals surface area contributed by atoms with Crippen molar-refractivity contribution < 1.29 is 22.9 Å². The Morgan fingerprint density at radius 2 is 1.58 bits per heavy atom. The molecule has 2 aromatic rings. The highest BCUT2D eigenvalue weighted by Crippen LogP contribution is 2.53. The number of rotatable bonds is 7. The molecule has 5 nitrogen and oxygen atoms in total. The summed E-state index contributed by atoms with van der Waals surface area (Å²) in [5.74, 6) is -0.565. The highest BCUT2D eigenvalue weighted by atomic mass is 31.2. The number of hydrogen-bond acceptors (Lipinski definition) is 5. The smallest absolute Gasteiger partial charge is 0.395 e. The summed E-state index contributed by atoms with van der Waals surface area (Å²) in [5.41, 5.74) is 0.878. The maximum atomic E-state index is 13.0. The monoisotopic (exact) mass is 346 g/mol. The summed E-state index contributed by atoms with van der Waals surface area (Å²) >= 11 is 0. The molecule has 0 fully saturated rings. The number of benzene rings is 2. The fraction of sp³-hybridized carbons (Fsp3) is 0.167. The molecule has 0 saturated carbocycles. The molecular weight excluding hydrogens is 327 g/mol. The number of para-hydroxylation sites is 1. The van der Waals surface area contributed by atoms with E-state index in [1.165, 1.54) is 6.92 Å². The Hall–Kier alpha value is -2.36. The molecule has 126 valence electrons. The van der Waals surface area contributed by atoms with Crippen molar-refractivity contribution in [2.45, 2.75) is 20.0 Å². The van der Waals surface area contributed by atoms with E-state index < -0.39 is 19.9 Å². The third-order valence-corrected chi connectivity index (χ3v) is 4.46. The Balaban J connectivity index is 2.23. The molecule has 2 aromatic carbocycles. The minimum absolute atomic E-state index is 0.0999. The highest BCUT2D eigenvalue weighted by Gasteiger charge is 2.36. The molecule has 2 atom stereocenters. The molecule has 0 radical (unpaired) electrons. The van der Waals surface area contributed by atoms with Crippen LogP contribution >= 0.6 is 7.82 Å². The molecule has 6 heteroatoms. The quantitative estimate of drug-likeness (QED) is 0.517. The maximum absolute atomic E-state index is 13.0. The van der Waals surface area contributed by atoms with E-state index in [1.807, 2.05) is 30.3 Å². The average molecular weight is 346 g/mol. The number of phosphoric acid groups is 1. The van der Waals surface area contributed by atoms with Gasteiger partial charge in [-0.15, -0.1) is 0 Å². The Labute approximate surface area is 141 Å². The van der Waals surface area contributed by atoms with E-state index in [4.69, 9.17) is 13.6 Å². The third kappa shape index (κ3) is 5.08. The first kappa shape index (κ1) is 18.0. The van der Waals surface area contributed by atoms with Crippen LogP contribution in [-0.4, -0.2) is 5.97 Å². The zero-order valence-electron chi connectivity index (χ0n) is 13.5. The maximum Gasteiger partial charge on any atom is 0.590 e. The molecule has 0 bridgehead atoms. The van der Waals surface area contributed by atoms with Crippen molar-refractivity contribution in [3.8, 4) is 5.75 Å². The van der Waals surface area contributed by atoms with E-state index in [0.717, 1.165) is 5.56 Å². The van der Waals surface area contributed by atoms with E-state index in [-0.39, 0.29) is 11.3 Å². The molecule has 0 aliphatic rings. The van der Waals surface area contributed by atoms with Gasteiger partial charge in [0.2, 0.25) is 0 Å². The van der Waals surface area contributed by atoms with Crippen LogP contribution in [-0.2, 0) is 18.4 Å². The first-order chi connectivity index (χ1) is 11.4. The number of carbonyl (C=O) groups is 1. The van der Waals surface area contributed by atoms with Gasteiger partial charge < -0.3 is 9.05 Å². The second-order valence-corrected chi connectivity index (χ2v) is 6.64. The normalized spacial score (nSPS) is 14.2. The minimum atomic E-state index is -4.18. The zero-order chi connectivity index (χ0) is 17.6. The van der Waals surface area contributed by atoms with Crippen LogP contribution in [0.2, 0.25) is 0 Å². The van der Waals surface area contributed by atoms with Gasteiger partial charge in [0, 0.05) is 5.57 Å². The van der Waals surface area contributed by atoms with Crippen molar-refractivity contribution in [3.05, 3.63) is 78.4 Å². The second-order valence-electron chi connectivity index (χ2n) is 5.17. The Morgan fingerprint density at radius 1 is 1.04 bits per heavy atom. The van der Waals surface area contributed by atoms with Crippen LogP contribution < -0.4 is 4.52 Å². The third-order valence-electron chi connectivity index (χ3n) is 3.06. The number of carbonyl (C=O) groups excluding carboxylic acids is 1. The topological polar surface area (TPSA) is 61.8 Å². The molecule has 0 amide bonds. The Kier molecular flexibility index (Phi) is 5.96. The van der Waals surface area contributed by atoms with E-state index in [2.05, 4.69) is 6.58 Å². The van der Waals surface area contributed by atoms with Crippen molar-refractivity contribution in [1.82, 2.24) is 0 Å². The molecule has 0 saturated heterocycles. The molecular formula is C18H19O5P. The molecule has 2 rings (SSSR count). The zero-order valence-corrected chi connectivity index (χ0v) is 14.4. The van der Waals surface area contributed by atoms with Gasteiger partial charge in [-0.05, 0) is 31.5 Å². The van der Waals surface area contributed by atoms with Crippen LogP contribution in [0.3, 0.4) is 0 Å². The molecule has 0 aliphatic carbocycles. The first-order valence-electron chi connectivity index (χ1n) is 7.37. The molecule has 0 N–H and O–H groups in total. The van der Waals surface area contributed by atoms with E-state index in [0.29, 0.717) is 0 Å². The largest absolute Gasteiger partial charge is 0.590 e. The van der Waals surface area contributed by atoms with Gasteiger partial charge in [-0.3, -0.25) is 4.52 Å². The van der Waals surface area contributed by atoms with Crippen molar-refractivity contribution in [3.63, 3.8) is 0 Å². The number of phosphoric ester groups is 1. The summed E-state index contributed by atoms with van der Waals surface area (Å²) in [7, 11) is -4.18. The SMILES string of the molecule is C=C(C)C(=O)OP(=O)(Oc1ccccc1)OC(C)c1ccccc1. The van der Waals surface area contributed by atoms with Gasteiger partial charge in [0.25, 0.3) is 0 Å². The molecule has 0 aliphatic heterocycles. The molecule has 24 heavy (non-hydrogen) atoms. The fourth-order valence-electron chi connectivity index (χ4n) is 1.83. The predicted octanol–water partition coefficient (Wildman–Crippen LogP) is 5.07. The van der Waals surface area contributed by atoms with E-state index >= 15 is 0 Å². The molecule has 0 heterocycles. The molecule has 2 unspecified atom stereocenters. The lowest BCUT2D eigenvalue weighted by molar-refractivity contribution is -0.131. The molecule has 0 spiro atoms. The number of hydrogen-bond donors (Lipinski definition) is 0. The highest BCUT2D eigenvalue weighted by molar-refractivity contribution is 7.49. The van der Waals surface area contributed by atoms with Crippen molar-refractivity contribution in [2.24, 2.45) is 0 Å². The average Bonchev–Trinajstić information content (AvgIpc) is 2.56. The van der Waals surface area contributed by atoms with Crippen LogP contribution in [0.4, 0.5) is 0 Å². The standard InChI is InChI=1S/C18H19O5P/c1-14(2)18(19)23-24(20,22-17-12-8-5-9-13-17)21-15(3)16-10-6-4-7-11-16/h4-13,15H,1H2,2-3H3.